The molecule has 0 unspecified atom stereocenters. The van der Waals surface area contributed by atoms with Crippen LogP contribution >= 0.6 is 0 Å². The molecule has 1 fully saturated rings. The summed E-state index contributed by atoms with van der Waals surface area (Å²) < 4.78 is 13.9. The molecule has 1 saturated heterocycles. The van der Waals surface area contributed by atoms with Gasteiger partial charge in [-0.15, -0.1) is 0 Å². The molecule has 2 heterocycles. The Morgan fingerprint density at radius 1 is 0.848 bits per heavy atom. The van der Waals surface area contributed by atoms with Crippen molar-refractivity contribution < 1.29 is 9.18 Å². The molecule has 4 nitrogen and oxygen atoms in total. The van der Waals surface area contributed by atoms with Crippen molar-refractivity contribution in [1.82, 2.24) is 14.8 Å². The lowest BCUT2D eigenvalue weighted by Crippen LogP contribution is -2.49. The van der Waals surface area contributed by atoms with Crippen LogP contribution in [0.4, 0.5) is 4.39 Å². The van der Waals surface area contributed by atoms with Crippen molar-refractivity contribution in [3.05, 3.63) is 113 Å². The number of carbonyl (C=O) groups excluding carboxylic acids is 1. The molecule has 33 heavy (non-hydrogen) atoms. The summed E-state index contributed by atoms with van der Waals surface area (Å²) in [7, 11) is 0. The van der Waals surface area contributed by atoms with E-state index in [9.17, 15) is 9.18 Å². The van der Waals surface area contributed by atoms with Crippen LogP contribution in [0.2, 0.25) is 0 Å². The number of carbonyl (C=O) groups is 1. The first-order valence-electron chi connectivity index (χ1n) is 11.3. The third-order valence-electron chi connectivity index (χ3n) is 6.33. The van der Waals surface area contributed by atoms with Gasteiger partial charge < -0.3 is 4.90 Å². The zero-order valence-corrected chi connectivity index (χ0v) is 18.6. The normalized spacial score (nSPS) is 14.7. The second-order valence-electron chi connectivity index (χ2n) is 8.52. The highest BCUT2D eigenvalue weighted by Gasteiger charge is 2.29. The molecular weight excluding hydrogens is 413 g/mol. The van der Waals surface area contributed by atoms with E-state index in [1.807, 2.05) is 24.0 Å². The molecule has 0 spiro atoms. The molecule has 0 aliphatic carbocycles. The summed E-state index contributed by atoms with van der Waals surface area (Å²) in [5.74, 6) is -0.424. The monoisotopic (exact) mass is 439 g/mol. The van der Waals surface area contributed by atoms with Crippen LogP contribution in [-0.2, 0) is 0 Å². The number of amides is 1. The van der Waals surface area contributed by atoms with E-state index < -0.39 is 0 Å². The summed E-state index contributed by atoms with van der Waals surface area (Å²) in [5, 5.41) is 0.569. The van der Waals surface area contributed by atoms with Crippen LogP contribution in [0.25, 0.3) is 10.9 Å². The van der Waals surface area contributed by atoms with Crippen LogP contribution < -0.4 is 0 Å². The number of hydrogen-bond donors (Lipinski definition) is 0. The van der Waals surface area contributed by atoms with E-state index >= 15 is 0 Å². The number of rotatable bonds is 4. The SMILES string of the molecule is Cc1cc(C(=O)N2CCN(C(c3ccccc3)c3ccccc3)CC2)c2cc(F)ccc2n1. The zero-order valence-electron chi connectivity index (χ0n) is 18.6. The number of aryl methyl sites for hydroxylation is 1. The number of pyridine rings is 1. The van der Waals surface area contributed by atoms with Gasteiger partial charge >= 0.3 is 0 Å². The third-order valence-corrected chi connectivity index (χ3v) is 6.33. The quantitative estimate of drug-likeness (QED) is 0.437. The lowest BCUT2D eigenvalue weighted by atomic mass is 9.96. The Kier molecular flexibility index (Phi) is 5.88. The minimum absolute atomic E-state index is 0.0632. The lowest BCUT2D eigenvalue weighted by molar-refractivity contribution is 0.0599. The molecular formula is C28H26FN3O. The van der Waals surface area contributed by atoms with Gasteiger partial charge in [-0.2, -0.15) is 0 Å². The fourth-order valence-electron chi connectivity index (χ4n) is 4.75. The molecule has 1 aliphatic heterocycles. The van der Waals surface area contributed by atoms with Crippen LogP contribution in [0.5, 0.6) is 0 Å². The number of piperazine rings is 1. The van der Waals surface area contributed by atoms with E-state index in [1.165, 1.54) is 23.3 Å². The van der Waals surface area contributed by atoms with E-state index in [1.54, 1.807) is 12.1 Å². The number of aromatic nitrogens is 1. The molecule has 4 aromatic rings. The predicted molar refractivity (Wildman–Crippen MR) is 129 cm³/mol. The Labute approximate surface area is 193 Å². The predicted octanol–water partition coefficient (Wildman–Crippen LogP) is 5.23. The number of benzene rings is 3. The summed E-state index contributed by atoms with van der Waals surface area (Å²) in [5.41, 5.74) is 4.41. The molecule has 1 aliphatic rings. The second-order valence-corrected chi connectivity index (χ2v) is 8.52. The van der Waals surface area contributed by atoms with E-state index in [0.29, 0.717) is 29.6 Å². The molecule has 0 N–H and O–H groups in total. The van der Waals surface area contributed by atoms with Crippen LogP contribution in [-0.4, -0.2) is 46.9 Å². The Hall–Kier alpha value is -3.57. The van der Waals surface area contributed by atoms with Gasteiger partial charge in [0, 0.05) is 37.3 Å². The Balaban J connectivity index is 1.39. The Morgan fingerprint density at radius 3 is 2.06 bits per heavy atom. The van der Waals surface area contributed by atoms with Gasteiger partial charge in [0.05, 0.1) is 17.1 Å². The highest BCUT2D eigenvalue weighted by atomic mass is 19.1. The molecule has 5 heteroatoms. The molecule has 5 rings (SSSR count). The first-order chi connectivity index (χ1) is 16.1. The molecule has 0 radical (unpaired) electrons. The van der Waals surface area contributed by atoms with Gasteiger partial charge in [0.25, 0.3) is 5.91 Å². The van der Waals surface area contributed by atoms with Crippen molar-refractivity contribution in [2.24, 2.45) is 0 Å². The zero-order chi connectivity index (χ0) is 22.8. The van der Waals surface area contributed by atoms with Crippen molar-refractivity contribution in [1.29, 1.82) is 0 Å². The Bertz CT molecular complexity index is 1230. The second kappa shape index (κ2) is 9.12. The molecule has 0 atom stereocenters. The summed E-state index contributed by atoms with van der Waals surface area (Å²) in [4.78, 5) is 22.2. The summed E-state index contributed by atoms with van der Waals surface area (Å²) in [6.07, 6.45) is 0. The maximum Gasteiger partial charge on any atom is 0.254 e. The van der Waals surface area contributed by atoms with E-state index in [-0.39, 0.29) is 17.8 Å². The van der Waals surface area contributed by atoms with Crippen molar-refractivity contribution in [2.75, 3.05) is 26.2 Å². The van der Waals surface area contributed by atoms with Gasteiger partial charge in [0.2, 0.25) is 0 Å². The van der Waals surface area contributed by atoms with Gasteiger partial charge in [-0.25, -0.2) is 4.39 Å². The van der Waals surface area contributed by atoms with Gasteiger partial charge in [-0.1, -0.05) is 60.7 Å². The van der Waals surface area contributed by atoms with Gasteiger partial charge in [-0.3, -0.25) is 14.7 Å². The molecule has 3 aromatic carbocycles. The smallest absolute Gasteiger partial charge is 0.254 e. The van der Waals surface area contributed by atoms with Crippen LogP contribution in [0.1, 0.15) is 33.2 Å². The average molecular weight is 440 g/mol. The van der Waals surface area contributed by atoms with Crippen LogP contribution in [0, 0.1) is 12.7 Å². The standard InChI is InChI=1S/C28H26FN3O/c1-20-18-25(24-19-23(29)12-13-26(24)30-20)28(33)32-16-14-31(15-17-32)27(21-8-4-2-5-9-21)22-10-6-3-7-11-22/h2-13,18-19,27H,14-17H2,1H3. The van der Waals surface area contributed by atoms with E-state index in [0.717, 1.165) is 18.8 Å². The maximum absolute atomic E-state index is 13.9. The summed E-state index contributed by atoms with van der Waals surface area (Å²) >= 11 is 0. The average Bonchev–Trinajstić information content (AvgIpc) is 2.85. The van der Waals surface area contributed by atoms with Crippen molar-refractivity contribution in [2.45, 2.75) is 13.0 Å². The highest BCUT2D eigenvalue weighted by Crippen LogP contribution is 2.30. The molecule has 0 saturated carbocycles. The molecule has 0 bridgehead atoms. The largest absolute Gasteiger partial charge is 0.336 e. The fourth-order valence-corrected chi connectivity index (χ4v) is 4.75. The van der Waals surface area contributed by atoms with Crippen molar-refractivity contribution >= 4 is 16.8 Å². The summed E-state index contributed by atoms with van der Waals surface area (Å²) in [6.45, 7) is 4.62. The topological polar surface area (TPSA) is 36.4 Å². The summed E-state index contributed by atoms with van der Waals surface area (Å²) in [6, 6.07) is 27.3. The molecule has 166 valence electrons. The molecule has 1 aromatic heterocycles. The van der Waals surface area contributed by atoms with Crippen molar-refractivity contribution in [3.63, 3.8) is 0 Å². The Morgan fingerprint density at radius 2 is 1.45 bits per heavy atom. The first kappa shape index (κ1) is 21.3. The number of halogens is 1. The fraction of sp³-hybridized carbons (Fsp3) is 0.214. The minimum atomic E-state index is -0.361. The van der Waals surface area contributed by atoms with Crippen molar-refractivity contribution in [3.8, 4) is 0 Å². The van der Waals surface area contributed by atoms with Crippen LogP contribution in [0.15, 0.2) is 84.9 Å². The number of nitrogens with zero attached hydrogens (tertiary/aromatic N) is 3. The highest BCUT2D eigenvalue weighted by molar-refractivity contribution is 6.06. The van der Waals surface area contributed by atoms with E-state index in [4.69, 9.17) is 0 Å². The van der Waals surface area contributed by atoms with Gasteiger partial charge in [0.1, 0.15) is 5.82 Å². The number of hydrogen-bond acceptors (Lipinski definition) is 3. The maximum atomic E-state index is 13.9. The molecule has 1 amide bonds. The third kappa shape index (κ3) is 4.37. The van der Waals surface area contributed by atoms with Gasteiger partial charge in [0.15, 0.2) is 0 Å². The number of fused-ring (bicyclic) bond motifs is 1. The van der Waals surface area contributed by atoms with E-state index in [2.05, 4.69) is 58.4 Å². The minimum Gasteiger partial charge on any atom is -0.336 e. The van der Waals surface area contributed by atoms with Crippen LogP contribution in [0.3, 0.4) is 0 Å². The lowest BCUT2D eigenvalue weighted by Gasteiger charge is -2.40. The first-order valence-corrected chi connectivity index (χ1v) is 11.3. The van der Waals surface area contributed by atoms with Gasteiger partial charge in [-0.05, 0) is 42.3 Å².